The van der Waals surface area contributed by atoms with Crippen LogP contribution in [0.1, 0.15) is 46.5 Å². The van der Waals surface area contributed by atoms with Gasteiger partial charge >= 0.3 is 0 Å². The number of hydrogen-bond donors (Lipinski definition) is 1. The molecule has 0 saturated heterocycles. The van der Waals surface area contributed by atoms with Gasteiger partial charge in [-0.3, -0.25) is 4.79 Å². The number of amides is 1. The van der Waals surface area contributed by atoms with Crippen LogP contribution >= 0.6 is 11.6 Å². The van der Waals surface area contributed by atoms with E-state index in [1.807, 2.05) is 0 Å². The molecular weight excluding hydrogens is 222 g/mol. The maximum absolute atomic E-state index is 11.9. The second-order valence-corrected chi connectivity index (χ2v) is 6.02. The summed E-state index contributed by atoms with van der Waals surface area (Å²) in [5.74, 6) is 1.64. The Morgan fingerprint density at radius 1 is 1.31 bits per heavy atom. The van der Waals surface area contributed by atoms with Crippen LogP contribution in [-0.2, 0) is 4.79 Å². The quantitative estimate of drug-likeness (QED) is 0.758. The lowest BCUT2D eigenvalue weighted by atomic mass is 9.82. The SMILES string of the molecule is CC1CCC(C(=O)NCC(Cl)C(C)C)CC1. The molecule has 1 saturated carbocycles. The van der Waals surface area contributed by atoms with Gasteiger partial charge in [0.2, 0.25) is 5.91 Å². The second kappa shape index (κ2) is 6.48. The fraction of sp³-hybridized carbons (Fsp3) is 0.923. The van der Waals surface area contributed by atoms with Crippen LogP contribution in [0.3, 0.4) is 0 Å². The number of carbonyl (C=O) groups is 1. The highest BCUT2D eigenvalue weighted by molar-refractivity contribution is 6.21. The Bertz CT molecular complexity index is 222. The fourth-order valence-corrected chi connectivity index (χ4v) is 2.18. The lowest BCUT2D eigenvalue weighted by Gasteiger charge is -2.25. The summed E-state index contributed by atoms with van der Waals surface area (Å²) in [5, 5.41) is 3.03. The van der Waals surface area contributed by atoms with E-state index < -0.39 is 0 Å². The average Bonchev–Trinajstić information content (AvgIpc) is 2.26. The summed E-state index contributed by atoms with van der Waals surface area (Å²) in [6.07, 6.45) is 4.46. The molecule has 1 rings (SSSR count). The summed E-state index contributed by atoms with van der Waals surface area (Å²) in [4.78, 5) is 11.9. The van der Waals surface area contributed by atoms with Crippen LogP contribution in [0.4, 0.5) is 0 Å². The first-order valence-electron chi connectivity index (χ1n) is 6.42. The highest BCUT2D eigenvalue weighted by Crippen LogP contribution is 2.28. The normalized spacial score (nSPS) is 27.8. The van der Waals surface area contributed by atoms with E-state index in [0.717, 1.165) is 18.8 Å². The lowest BCUT2D eigenvalue weighted by Crippen LogP contribution is -2.37. The van der Waals surface area contributed by atoms with Gasteiger partial charge in [-0.15, -0.1) is 11.6 Å². The molecule has 0 heterocycles. The molecule has 1 aliphatic rings. The molecule has 0 bridgehead atoms. The molecule has 1 unspecified atom stereocenters. The van der Waals surface area contributed by atoms with Crippen molar-refractivity contribution in [1.82, 2.24) is 5.32 Å². The molecule has 0 aromatic heterocycles. The highest BCUT2D eigenvalue weighted by atomic mass is 35.5. The van der Waals surface area contributed by atoms with Crippen molar-refractivity contribution < 1.29 is 4.79 Å². The van der Waals surface area contributed by atoms with Gasteiger partial charge in [0.25, 0.3) is 0 Å². The Morgan fingerprint density at radius 2 is 1.88 bits per heavy atom. The van der Waals surface area contributed by atoms with Gasteiger partial charge in [0, 0.05) is 12.5 Å². The molecule has 16 heavy (non-hydrogen) atoms. The van der Waals surface area contributed by atoms with Gasteiger partial charge in [-0.2, -0.15) is 0 Å². The first-order valence-corrected chi connectivity index (χ1v) is 6.86. The van der Waals surface area contributed by atoms with E-state index in [4.69, 9.17) is 11.6 Å². The number of nitrogens with one attached hydrogen (secondary N) is 1. The molecule has 1 atom stereocenters. The van der Waals surface area contributed by atoms with Gasteiger partial charge in [-0.25, -0.2) is 0 Å². The summed E-state index contributed by atoms with van der Waals surface area (Å²) < 4.78 is 0. The Labute approximate surface area is 104 Å². The molecule has 2 nitrogen and oxygen atoms in total. The van der Waals surface area contributed by atoms with Crippen molar-refractivity contribution in [3.63, 3.8) is 0 Å². The van der Waals surface area contributed by atoms with Crippen molar-refractivity contribution in [2.75, 3.05) is 6.54 Å². The highest BCUT2D eigenvalue weighted by Gasteiger charge is 2.24. The number of rotatable bonds is 4. The molecule has 0 aromatic carbocycles. The zero-order valence-corrected chi connectivity index (χ0v) is 11.4. The number of alkyl halides is 1. The third-order valence-electron chi connectivity index (χ3n) is 3.58. The smallest absolute Gasteiger partial charge is 0.223 e. The van der Waals surface area contributed by atoms with E-state index in [1.54, 1.807) is 0 Å². The van der Waals surface area contributed by atoms with Crippen LogP contribution in [0.25, 0.3) is 0 Å². The van der Waals surface area contributed by atoms with Crippen LogP contribution in [0, 0.1) is 17.8 Å². The second-order valence-electron chi connectivity index (χ2n) is 5.46. The molecule has 1 amide bonds. The molecule has 0 aliphatic heterocycles. The molecule has 3 heteroatoms. The topological polar surface area (TPSA) is 29.1 Å². The first kappa shape index (κ1) is 13.8. The molecule has 1 N–H and O–H groups in total. The zero-order chi connectivity index (χ0) is 12.1. The molecule has 0 aromatic rings. The third kappa shape index (κ3) is 4.32. The molecule has 94 valence electrons. The monoisotopic (exact) mass is 245 g/mol. The minimum absolute atomic E-state index is 0.0477. The van der Waals surface area contributed by atoms with Gasteiger partial charge < -0.3 is 5.32 Å². The van der Waals surface area contributed by atoms with Crippen molar-refractivity contribution in [2.24, 2.45) is 17.8 Å². The van der Waals surface area contributed by atoms with Crippen LogP contribution in [0.5, 0.6) is 0 Å². The van der Waals surface area contributed by atoms with E-state index in [2.05, 4.69) is 26.1 Å². The fourth-order valence-electron chi connectivity index (χ4n) is 2.10. The molecule has 1 fully saturated rings. The Kier molecular flexibility index (Phi) is 5.60. The predicted molar refractivity (Wildman–Crippen MR) is 68.6 cm³/mol. The van der Waals surface area contributed by atoms with Crippen LogP contribution in [-0.4, -0.2) is 17.8 Å². The summed E-state index contributed by atoms with van der Waals surface area (Å²) in [5.41, 5.74) is 0. The van der Waals surface area contributed by atoms with Crippen molar-refractivity contribution in [3.8, 4) is 0 Å². The minimum Gasteiger partial charge on any atom is -0.354 e. The standard InChI is InChI=1S/C13H24ClNO/c1-9(2)12(14)8-15-13(16)11-6-4-10(3)5-7-11/h9-12H,4-8H2,1-3H3,(H,15,16). The van der Waals surface area contributed by atoms with E-state index in [9.17, 15) is 4.79 Å². The van der Waals surface area contributed by atoms with Gasteiger partial charge in [-0.05, 0) is 37.5 Å². The van der Waals surface area contributed by atoms with E-state index >= 15 is 0 Å². The Hall–Kier alpha value is -0.240. The summed E-state index contributed by atoms with van der Waals surface area (Å²) >= 11 is 6.11. The van der Waals surface area contributed by atoms with E-state index in [0.29, 0.717) is 12.5 Å². The molecule has 1 aliphatic carbocycles. The van der Waals surface area contributed by atoms with E-state index in [-0.39, 0.29) is 17.2 Å². The van der Waals surface area contributed by atoms with Crippen LogP contribution in [0.2, 0.25) is 0 Å². The van der Waals surface area contributed by atoms with Crippen LogP contribution in [0.15, 0.2) is 0 Å². The first-order chi connectivity index (χ1) is 7.50. The number of hydrogen-bond acceptors (Lipinski definition) is 1. The lowest BCUT2D eigenvalue weighted by molar-refractivity contribution is -0.126. The van der Waals surface area contributed by atoms with Crippen molar-refractivity contribution in [2.45, 2.75) is 51.8 Å². The predicted octanol–water partition coefficient (Wildman–Crippen LogP) is 3.19. The number of halogens is 1. The van der Waals surface area contributed by atoms with Crippen molar-refractivity contribution in [3.05, 3.63) is 0 Å². The zero-order valence-electron chi connectivity index (χ0n) is 10.6. The molecule has 0 spiro atoms. The van der Waals surface area contributed by atoms with Gasteiger partial charge in [0.15, 0.2) is 0 Å². The molecular formula is C13H24ClNO. The van der Waals surface area contributed by atoms with Gasteiger partial charge in [-0.1, -0.05) is 20.8 Å². The van der Waals surface area contributed by atoms with Gasteiger partial charge in [0.05, 0.1) is 5.38 Å². The third-order valence-corrected chi connectivity index (χ3v) is 4.24. The summed E-state index contributed by atoms with van der Waals surface area (Å²) in [7, 11) is 0. The summed E-state index contributed by atoms with van der Waals surface area (Å²) in [6, 6.07) is 0. The Morgan fingerprint density at radius 3 is 2.38 bits per heavy atom. The molecule has 0 radical (unpaired) electrons. The van der Waals surface area contributed by atoms with Crippen molar-refractivity contribution >= 4 is 17.5 Å². The largest absolute Gasteiger partial charge is 0.354 e. The van der Waals surface area contributed by atoms with Crippen LogP contribution < -0.4 is 5.32 Å². The minimum atomic E-state index is 0.0477. The maximum atomic E-state index is 11.9. The summed E-state index contributed by atoms with van der Waals surface area (Å²) in [6.45, 7) is 7.02. The van der Waals surface area contributed by atoms with E-state index in [1.165, 1.54) is 12.8 Å². The Balaban J connectivity index is 2.25. The average molecular weight is 246 g/mol. The van der Waals surface area contributed by atoms with Crippen molar-refractivity contribution in [1.29, 1.82) is 0 Å². The maximum Gasteiger partial charge on any atom is 0.223 e. The van der Waals surface area contributed by atoms with Gasteiger partial charge in [0.1, 0.15) is 0 Å². The number of carbonyl (C=O) groups excluding carboxylic acids is 1.